The number of nitrogens with zero attached hydrogens (tertiary/aromatic N) is 2. The molecule has 0 atom stereocenters. The highest BCUT2D eigenvalue weighted by atomic mass is 32.2. The van der Waals surface area contributed by atoms with Gasteiger partial charge in [-0.3, -0.25) is 9.59 Å². The molecule has 1 amide bonds. The Kier molecular flexibility index (Phi) is 9.75. The molecule has 0 spiro atoms. The molecule has 7 nitrogen and oxygen atoms in total. The highest BCUT2D eigenvalue weighted by Gasteiger charge is 2.31. The van der Waals surface area contributed by atoms with Crippen LogP contribution >= 0.6 is 0 Å². The third-order valence-electron chi connectivity index (χ3n) is 6.38. The van der Waals surface area contributed by atoms with Crippen LogP contribution in [0.1, 0.15) is 39.7 Å². The van der Waals surface area contributed by atoms with Crippen molar-refractivity contribution in [2.75, 3.05) is 12.8 Å². The number of carbonyl (C=O) groups is 1. The number of alkyl halides is 3. The van der Waals surface area contributed by atoms with Gasteiger partial charge in [-0.15, -0.1) is 0 Å². The fourth-order valence-electron chi connectivity index (χ4n) is 4.13. The van der Waals surface area contributed by atoms with E-state index in [2.05, 4.69) is 11.9 Å². The van der Waals surface area contributed by atoms with Crippen molar-refractivity contribution in [3.8, 4) is 17.2 Å². The first-order chi connectivity index (χ1) is 19.6. The van der Waals surface area contributed by atoms with Crippen molar-refractivity contribution in [3.63, 3.8) is 0 Å². The average molecular weight is 596 g/mol. The summed E-state index contributed by atoms with van der Waals surface area (Å²) >= 11 is 0. The number of sulfone groups is 1. The topological polar surface area (TPSA) is 109 Å². The second kappa shape index (κ2) is 12.9. The van der Waals surface area contributed by atoms with E-state index in [1.807, 2.05) is 6.07 Å². The third-order valence-corrected chi connectivity index (χ3v) is 7.61. The molecule has 0 aliphatic heterocycles. The smallest absolute Gasteiger partial charge is 0.348 e. The summed E-state index contributed by atoms with van der Waals surface area (Å²) in [7, 11) is -3.46. The van der Waals surface area contributed by atoms with E-state index < -0.39 is 32.9 Å². The van der Waals surface area contributed by atoms with Crippen molar-refractivity contribution in [1.29, 1.82) is 5.26 Å². The lowest BCUT2D eigenvalue weighted by molar-refractivity contribution is -0.137. The quantitative estimate of drug-likeness (QED) is 0.326. The summed E-state index contributed by atoms with van der Waals surface area (Å²) in [6.07, 6.45) is 1.92. The maximum Gasteiger partial charge on any atom is 0.416 e. The molecule has 3 aromatic rings. The minimum Gasteiger partial charge on any atom is -0.348 e. The number of benzene rings is 2. The van der Waals surface area contributed by atoms with E-state index in [9.17, 15) is 31.2 Å². The number of rotatable bonds is 9. The maximum absolute atomic E-state index is 13.6. The summed E-state index contributed by atoms with van der Waals surface area (Å²) in [6, 6.07) is 13.0. The van der Waals surface area contributed by atoms with Crippen LogP contribution in [0.15, 0.2) is 94.8 Å². The number of hydrogen-bond acceptors (Lipinski definition) is 5. The van der Waals surface area contributed by atoms with Crippen LogP contribution in [-0.2, 0) is 22.6 Å². The molecule has 3 rings (SSSR count). The predicted molar refractivity (Wildman–Crippen MR) is 155 cm³/mol. The van der Waals surface area contributed by atoms with Crippen molar-refractivity contribution in [3.05, 3.63) is 128 Å². The predicted octanol–water partition coefficient (Wildman–Crippen LogP) is 5.55. The summed E-state index contributed by atoms with van der Waals surface area (Å²) in [6.45, 7) is 6.97. The van der Waals surface area contributed by atoms with Gasteiger partial charge in [-0.25, -0.2) is 8.42 Å². The molecule has 1 N–H and O–H groups in total. The number of pyridine rings is 1. The van der Waals surface area contributed by atoms with Gasteiger partial charge in [0.05, 0.1) is 22.1 Å². The van der Waals surface area contributed by atoms with Crippen molar-refractivity contribution in [2.24, 2.45) is 0 Å². The number of hydrogen-bond donors (Lipinski definition) is 1. The molecule has 218 valence electrons. The van der Waals surface area contributed by atoms with Crippen LogP contribution in [0.25, 0.3) is 11.1 Å². The first-order valence-corrected chi connectivity index (χ1v) is 14.5. The Balaban J connectivity index is 2.04. The Bertz CT molecular complexity index is 1790. The van der Waals surface area contributed by atoms with Crippen molar-refractivity contribution < 1.29 is 26.4 Å². The fraction of sp³-hybridized carbons (Fsp3) is 0.194. The van der Waals surface area contributed by atoms with Gasteiger partial charge in [-0.05, 0) is 60.9 Å². The summed E-state index contributed by atoms with van der Waals surface area (Å²) in [4.78, 5) is 26.9. The number of aromatic nitrogens is 1. The van der Waals surface area contributed by atoms with Gasteiger partial charge in [0.25, 0.3) is 5.91 Å². The van der Waals surface area contributed by atoms with Gasteiger partial charge in [0.15, 0.2) is 9.84 Å². The number of allylic oxidation sites excluding steroid dienone is 2. The van der Waals surface area contributed by atoms with Crippen LogP contribution in [0, 0.1) is 18.3 Å². The molecule has 0 saturated heterocycles. The van der Waals surface area contributed by atoms with Crippen molar-refractivity contribution >= 4 is 15.7 Å². The van der Waals surface area contributed by atoms with Gasteiger partial charge < -0.3 is 9.88 Å². The SMILES string of the molecule is C=C(/C=C\C(=C/C)S(C)(=O)=O)CNC(=O)c1cn(Cc2ccc(C#N)cc2)c(C)c(-c2cccc(C(F)(F)F)c2)c1=O. The number of carbonyl (C=O) groups excluding carboxylic acids is 1. The minimum absolute atomic E-state index is 0.00236. The first kappa shape index (κ1) is 31.8. The molecule has 11 heteroatoms. The second-order valence-electron chi connectivity index (χ2n) is 9.48. The monoisotopic (exact) mass is 595 g/mol. The molecule has 1 aromatic heterocycles. The molecule has 0 fully saturated rings. The van der Waals surface area contributed by atoms with Crippen molar-refractivity contribution in [1.82, 2.24) is 9.88 Å². The molecule has 1 heterocycles. The van der Waals surface area contributed by atoms with Gasteiger partial charge >= 0.3 is 6.18 Å². The van der Waals surface area contributed by atoms with Crippen LogP contribution < -0.4 is 10.7 Å². The lowest BCUT2D eigenvalue weighted by Gasteiger charge is -2.18. The fourth-order valence-corrected chi connectivity index (χ4v) is 4.88. The standard InChI is InChI=1S/C31H28F3N3O4S/c1-5-26(42(4,40)41)14-9-20(2)17-36-30(39)27-19-37(18-23-12-10-22(16-35)11-13-23)21(3)28(29(27)38)24-7-6-8-25(15-24)31(32,33)34/h5-15,19H,2,17-18H2,1,3-4H3,(H,36,39)/b14-9-,26-5+. The molecular formula is C31H28F3N3O4S. The lowest BCUT2D eigenvalue weighted by atomic mass is 9.98. The van der Waals surface area contributed by atoms with Gasteiger partial charge in [-0.1, -0.05) is 43.0 Å². The van der Waals surface area contributed by atoms with E-state index in [0.29, 0.717) is 16.8 Å². The van der Waals surface area contributed by atoms with Crippen LogP contribution in [0.4, 0.5) is 13.2 Å². The van der Waals surface area contributed by atoms with E-state index in [0.717, 1.165) is 24.0 Å². The van der Waals surface area contributed by atoms with Crippen molar-refractivity contribution in [2.45, 2.75) is 26.6 Å². The molecular weight excluding hydrogens is 567 g/mol. The van der Waals surface area contributed by atoms with Crippen LogP contribution in [0.2, 0.25) is 0 Å². The van der Waals surface area contributed by atoms with E-state index in [4.69, 9.17) is 5.26 Å². The number of nitrogens with one attached hydrogen (secondary N) is 1. The van der Waals surface area contributed by atoms with Gasteiger partial charge in [-0.2, -0.15) is 18.4 Å². The third kappa shape index (κ3) is 7.73. The molecule has 0 aliphatic rings. The number of halogens is 3. The van der Waals surface area contributed by atoms with E-state index in [1.165, 1.54) is 36.6 Å². The molecule has 0 aliphatic carbocycles. The highest BCUT2D eigenvalue weighted by Crippen LogP contribution is 2.32. The number of amides is 1. The Labute approximate surface area is 241 Å². The van der Waals surface area contributed by atoms with Gasteiger partial charge in [0, 0.05) is 36.8 Å². The van der Waals surface area contributed by atoms with E-state index in [-0.39, 0.29) is 34.7 Å². The largest absolute Gasteiger partial charge is 0.416 e. The molecule has 0 radical (unpaired) electrons. The van der Waals surface area contributed by atoms with Crippen LogP contribution in [-0.4, -0.2) is 31.7 Å². The zero-order valence-corrected chi connectivity index (χ0v) is 23.9. The van der Waals surface area contributed by atoms with Gasteiger partial charge in [0.1, 0.15) is 5.56 Å². The molecule has 0 unspecified atom stereocenters. The van der Waals surface area contributed by atoms with Gasteiger partial charge in [0.2, 0.25) is 5.43 Å². The Morgan fingerprint density at radius 1 is 1.14 bits per heavy atom. The number of nitriles is 1. The second-order valence-corrected chi connectivity index (χ2v) is 11.5. The summed E-state index contributed by atoms with van der Waals surface area (Å²) in [5.74, 6) is -0.786. The normalized spacial score (nSPS) is 12.3. The first-order valence-electron chi connectivity index (χ1n) is 12.6. The van der Waals surface area contributed by atoms with Crippen LogP contribution in [0.3, 0.4) is 0 Å². The van der Waals surface area contributed by atoms with E-state index >= 15 is 0 Å². The van der Waals surface area contributed by atoms with Crippen LogP contribution in [0.5, 0.6) is 0 Å². The summed E-state index contributed by atoms with van der Waals surface area (Å²) < 4.78 is 65.6. The molecule has 0 bridgehead atoms. The zero-order valence-electron chi connectivity index (χ0n) is 23.1. The highest BCUT2D eigenvalue weighted by molar-refractivity contribution is 7.94. The average Bonchev–Trinajstić information content (AvgIpc) is 2.93. The molecule has 2 aromatic carbocycles. The Morgan fingerprint density at radius 2 is 1.81 bits per heavy atom. The molecule has 42 heavy (non-hydrogen) atoms. The minimum atomic E-state index is -4.64. The summed E-state index contributed by atoms with van der Waals surface area (Å²) in [5, 5.41) is 11.6. The van der Waals surface area contributed by atoms with E-state index in [1.54, 1.807) is 42.7 Å². The maximum atomic E-state index is 13.6. The molecule has 0 saturated carbocycles. The summed E-state index contributed by atoms with van der Waals surface area (Å²) in [5.41, 5.74) is -0.210. The Hall–Kier alpha value is -4.69. The zero-order chi connectivity index (χ0) is 31.2. The Morgan fingerprint density at radius 3 is 2.38 bits per heavy atom. The lowest BCUT2D eigenvalue weighted by Crippen LogP contribution is -2.32.